The quantitative estimate of drug-likeness (QED) is 0.819. The van der Waals surface area contributed by atoms with Crippen molar-refractivity contribution in [3.8, 4) is 0 Å². The van der Waals surface area contributed by atoms with Gasteiger partial charge in [-0.3, -0.25) is 0 Å². The molecule has 2 nitrogen and oxygen atoms in total. The van der Waals surface area contributed by atoms with Crippen molar-refractivity contribution in [2.45, 2.75) is 13.8 Å². The molecule has 0 bridgehead atoms. The van der Waals surface area contributed by atoms with E-state index < -0.39 is 0 Å². The van der Waals surface area contributed by atoms with Crippen LogP contribution in [0.25, 0.3) is 0 Å². The average Bonchev–Trinajstić information content (AvgIpc) is 2.26. The summed E-state index contributed by atoms with van der Waals surface area (Å²) in [5.41, 5.74) is 3.23. The lowest BCUT2D eigenvalue weighted by atomic mass is 10.1. The molecule has 4 heteroatoms. The SMILES string of the molecule is Cc1cc(C)cc(N(C)c2ncc(Br)cc2F)c1. The third-order valence-electron chi connectivity index (χ3n) is 2.70. The second-order valence-electron chi connectivity index (χ2n) is 4.36. The van der Waals surface area contributed by atoms with Crippen molar-refractivity contribution in [1.82, 2.24) is 4.98 Å². The molecule has 0 saturated heterocycles. The van der Waals surface area contributed by atoms with Crippen LogP contribution < -0.4 is 4.90 Å². The molecule has 0 radical (unpaired) electrons. The van der Waals surface area contributed by atoms with Crippen LogP contribution in [0.2, 0.25) is 0 Å². The van der Waals surface area contributed by atoms with E-state index in [1.165, 1.54) is 6.07 Å². The molecule has 1 aromatic carbocycles. The topological polar surface area (TPSA) is 16.1 Å². The van der Waals surface area contributed by atoms with Gasteiger partial charge in [0.2, 0.25) is 0 Å². The lowest BCUT2D eigenvalue weighted by molar-refractivity contribution is 0.620. The molecule has 0 atom stereocenters. The van der Waals surface area contributed by atoms with E-state index >= 15 is 0 Å². The minimum Gasteiger partial charge on any atom is -0.327 e. The monoisotopic (exact) mass is 308 g/mol. The molecule has 2 aromatic rings. The van der Waals surface area contributed by atoms with Gasteiger partial charge in [0.05, 0.1) is 0 Å². The molecule has 94 valence electrons. The summed E-state index contributed by atoms with van der Waals surface area (Å²) in [4.78, 5) is 5.87. The highest BCUT2D eigenvalue weighted by Crippen LogP contribution is 2.27. The van der Waals surface area contributed by atoms with E-state index in [-0.39, 0.29) is 5.82 Å². The Bertz CT molecular complexity index is 564. The molecule has 0 spiro atoms. The lowest BCUT2D eigenvalue weighted by Gasteiger charge is -2.20. The Morgan fingerprint density at radius 2 is 1.72 bits per heavy atom. The van der Waals surface area contributed by atoms with Crippen molar-refractivity contribution in [3.63, 3.8) is 0 Å². The van der Waals surface area contributed by atoms with Gasteiger partial charge in [0.25, 0.3) is 0 Å². The summed E-state index contributed by atoms with van der Waals surface area (Å²) in [6.45, 7) is 4.05. The summed E-state index contributed by atoms with van der Waals surface area (Å²) in [6.07, 6.45) is 1.59. The number of pyridine rings is 1. The van der Waals surface area contributed by atoms with Crippen LogP contribution in [0.5, 0.6) is 0 Å². The number of aromatic nitrogens is 1. The third-order valence-corrected chi connectivity index (χ3v) is 3.13. The second-order valence-corrected chi connectivity index (χ2v) is 5.28. The highest BCUT2D eigenvalue weighted by Gasteiger charge is 2.12. The predicted molar refractivity (Wildman–Crippen MR) is 75.9 cm³/mol. The summed E-state index contributed by atoms with van der Waals surface area (Å²) >= 11 is 3.20. The third kappa shape index (κ3) is 2.70. The summed E-state index contributed by atoms with van der Waals surface area (Å²) in [5, 5.41) is 0. The Hall–Kier alpha value is -1.42. The predicted octanol–water partition coefficient (Wildman–Crippen LogP) is 4.37. The van der Waals surface area contributed by atoms with Crippen molar-refractivity contribution in [2.24, 2.45) is 0 Å². The Kier molecular flexibility index (Phi) is 3.66. The normalized spacial score (nSPS) is 10.5. The van der Waals surface area contributed by atoms with Gasteiger partial charge in [-0.25, -0.2) is 9.37 Å². The number of anilines is 2. The van der Waals surface area contributed by atoms with Gasteiger partial charge in [-0.2, -0.15) is 0 Å². The van der Waals surface area contributed by atoms with Crippen LogP contribution in [0.1, 0.15) is 11.1 Å². The fourth-order valence-electron chi connectivity index (χ4n) is 1.92. The number of rotatable bonds is 2. The van der Waals surface area contributed by atoms with Crippen LogP contribution >= 0.6 is 15.9 Å². The van der Waals surface area contributed by atoms with E-state index in [2.05, 4.69) is 27.0 Å². The van der Waals surface area contributed by atoms with Crippen LogP contribution in [0.4, 0.5) is 15.9 Å². The van der Waals surface area contributed by atoms with E-state index in [4.69, 9.17) is 0 Å². The molecule has 0 aliphatic heterocycles. The lowest BCUT2D eigenvalue weighted by Crippen LogP contribution is -2.13. The first-order valence-electron chi connectivity index (χ1n) is 5.60. The summed E-state index contributed by atoms with van der Waals surface area (Å²) < 4.78 is 14.5. The maximum absolute atomic E-state index is 13.9. The van der Waals surface area contributed by atoms with Crippen molar-refractivity contribution in [3.05, 3.63) is 51.9 Å². The molecule has 0 aliphatic carbocycles. The molecule has 1 heterocycles. The largest absolute Gasteiger partial charge is 0.327 e. The number of halogens is 2. The van der Waals surface area contributed by atoms with Crippen LogP contribution in [0.3, 0.4) is 0 Å². The van der Waals surface area contributed by atoms with Crippen LogP contribution in [-0.2, 0) is 0 Å². The molecule has 0 saturated carbocycles. The Morgan fingerprint density at radius 1 is 1.11 bits per heavy atom. The van der Waals surface area contributed by atoms with Crippen LogP contribution in [-0.4, -0.2) is 12.0 Å². The number of benzene rings is 1. The molecule has 0 unspecified atom stereocenters. The molecular weight excluding hydrogens is 295 g/mol. The summed E-state index contributed by atoms with van der Waals surface area (Å²) in [7, 11) is 1.81. The van der Waals surface area contributed by atoms with Gasteiger partial charge >= 0.3 is 0 Å². The van der Waals surface area contributed by atoms with Crippen molar-refractivity contribution < 1.29 is 4.39 Å². The number of hydrogen-bond acceptors (Lipinski definition) is 2. The minimum absolute atomic E-state index is 0.322. The molecule has 0 amide bonds. The fraction of sp³-hybridized carbons (Fsp3) is 0.214. The molecule has 0 aliphatic rings. The fourth-order valence-corrected chi connectivity index (χ4v) is 2.22. The van der Waals surface area contributed by atoms with Crippen LogP contribution in [0.15, 0.2) is 34.9 Å². The Labute approximate surface area is 115 Å². The zero-order valence-corrected chi connectivity index (χ0v) is 12.1. The van der Waals surface area contributed by atoms with E-state index in [1.54, 1.807) is 11.1 Å². The molecule has 1 aromatic heterocycles. The van der Waals surface area contributed by atoms with Gasteiger partial charge in [-0.05, 0) is 59.1 Å². The molecule has 18 heavy (non-hydrogen) atoms. The highest BCUT2D eigenvalue weighted by atomic mass is 79.9. The van der Waals surface area contributed by atoms with E-state index in [0.717, 1.165) is 16.8 Å². The van der Waals surface area contributed by atoms with Crippen molar-refractivity contribution in [2.75, 3.05) is 11.9 Å². The van der Waals surface area contributed by atoms with Crippen molar-refractivity contribution in [1.29, 1.82) is 0 Å². The van der Waals surface area contributed by atoms with Crippen molar-refractivity contribution >= 4 is 27.4 Å². The van der Waals surface area contributed by atoms with Gasteiger partial charge in [-0.1, -0.05) is 6.07 Å². The molecule has 0 N–H and O–H groups in total. The minimum atomic E-state index is -0.342. The first-order valence-corrected chi connectivity index (χ1v) is 6.40. The zero-order chi connectivity index (χ0) is 13.3. The molecule has 0 fully saturated rings. The van der Waals surface area contributed by atoms with Gasteiger partial charge in [0.15, 0.2) is 11.6 Å². The van der Waals surface area contributed by atoms with Gasteiger partial charge in [0, 0.05) is 23.4 Å². The van der Waals surface area contributed by atoms with Gasteiger partial charge in [-0.15, -0.1) is 0 Å². The van der Waals surface area contributed by atoms with Gasteiger partial charge < -0.3 is 4.90 Å². The van der Waals surface area contributed by atoms with E-state index in [1.807, 2.05) is 33.0 Å². The average molecular weight is 309 g/mol. The van der Waals surface area contributed by atoms with E-state index in [9.17, 15) is 4.39 Å². The number of hydrogen-bond donors (Lipinski definition) is 0. The highest BCUT2D eigenvalue weighted by molar-refractivity contribution is 9.10. The number of aryl methyl sites for hydroxylation is 2. The standard InChI is InChI=1S/C14H14BrFN2/c1-9-4-10(2)6-12(5-9)18(3)14-13(16)7-11(15)8-17-14/h4-8H,1-3H3. The van der Waals surface area contributed by atoms with E-state index in [0.29, 0.717) is 10.3 Å². The molecular formula is C14H14BrFN2. The second kappa shape index (κ2) is 5.06. The van der Waals surface area contributed by atoms with Crippen LogP contribution in [0, 0.1) is 19.7 Å². The first kappa shape index (κ1) is 13.0. The maximum atomic E-state index is 13.9. The molecule has 2 rings (SSSR count). The van der Waals surface area contributed by atoms with Gasteiger partial charge in [0.1, 0.15) is 0 Å². The first-order chi connectivity index (χ1) is 8.47. The zero-order valence-electron chi connectivity index (χ0n) is 10.5. The summed E-state index contributed by atoms with van der Waals surface area (Å²) in [5.74, 6) is -0.0192. The smallest absolute Gasteiger partial charge is 0.169 e. The summed E-state index contributed by atoms with van der Waals surface area (Å²) in [6, 6.07) is 7.52. The Morgan fingerprint density at radius 3 is 2.28 bits per heavy atom. The number of nitrogens with zero attached hydrogens (tertiary/aromatic N) is 2. The maximum Gasteiger partial charge on any atom is 0.169 e. The Balaban J connectivity index is 2.44.